The number of rotatable bonds is 4. The van der Waals surface area contributed by atoms with Gasteiger partial charge in [0.2, 0.25) is 0 Å². The molecule has 0 atom stereocenters. The zero-order valence-electron chi connectivity index (χ0n) is 8.51. The first-order valence-corrected chi connectivity index (χ1v) is 4.73. The van der Waals surface area contributed by atoms with Gasteiger partial charge in [-0.15, -0.1) is 0 Å². The highest BCUT2D eigenvalue weighted by Crippen LogP contribution is 2.20. The maximum atomic E-state index is 5.53. The van der Waals surface area contributed by atoms with Crippen molar-refractivity contribution in [1.29, 1.82) is 0 Å². The standard InChI is InChI=1S/C11H12N2O2/c1-14-7-8-15-10-4-6-12-9-3-2-5-13-11(9)10/h2-6H,7-8H2,1H3. The highest BCUT2D eigenvalue weighted by atomic mass is 16.5. The zero-order valence-corrected chi connectivity index (χ0v) is 8.51. The van der Waals surface area contributed by atoms with Crippen LogP contribution in [0, 0.1) is 0 Å². The number of hydrogen-bond acceptors (Lipinski definition) is 4. The molecule has 0 aliphatic carbocycles. The summed E-state index contributed by atoms with van der Waals surface area (Å²) in [6, 6.07) is 5.57. The molecule has 0 saturated carbocycles. The largest absolute Gasteiger partial charge is 0.489 e. The van der Waals surface area contributed by atoms with Crippen LogP contribution in [0.2, 0.25) is 0 Å². The van der Waals surface area contributed by atoms with Crippen molar-refractivity contribution in [1.82, 2.24) is 9.97 Å². The summed E-state index contributed by atoms with van der Waals surface area (Å²) in [7, 11) is 1.65. The molecule has 15 heavy (non-hydrogen) atoms. The van der Waals surface area contributed by atoms with Gasteiger partial charge in [0.15, 0.2) is 0 Å². The van der Waals surface area contributed by atoms with Crippen molar-refractivity contribution in [3.63, 3.8) is 0 Å². The molecule has 0 aliphatic heterocycles. The number of fused-ring (bicyclic) bond motifs is 1. The summed E-state index contributed by atoms with van der Waals surface area (Å²) in [6.45, 7) is 1.09. The zero-order chi connectivity index (χ0) is 10.5. The maximum Gasteiger partial charge on any atom is 0.148 e. The van der Waals surface area contributed by atoms with Crippen molar-refractivity contribution in [2.75, 3.05) is 20.3 Å². The summed E-state index contributed by atoms with van der Waals surface area (Å²) in [4.78, 5) is 8.43. The number of ether oxygens (including phenoxy) is 2. The highest BCUT2D eigenvalue weighted by Gasteiger charge is 2.02. The summed E-state index contributed by atoms with van der Waals surface area (Å²) in [5, 5.41) is 0. The van der Waals surface area contributed by atoms with Crippen molar-refractivity contribution in [2.45, 2.75) is 0 Å². The first kappa shape index (κ1) is 9.86. The SMILES string of the molecule is COCCOc1ccnc2cccnc12. The Hall–Kier alpha value is -1.68. The third-order valence-corrected chi connectivity index (χ3v) is 2.00. The van der Waals surface area contributed by atoms with Crippen molar-refractivity contribution in [3.05, 3.63) is 30.6 Å². The van der Waals surface area contributed by atoms with Crippen molar-refractivity contribution < 1.29 is 9.47 Å². The Morgan fingerprint density at radius 3 is 2.93 bits per heavy atom. The Bertz CT molecular complexity index is 440. The molecule has 4 nitrogen and oxygen atoms in total. The second kappa shape index (κ2) is 4.70. The van der Waals surface area contributed by atoms with Crippen LogP contribution >= 0.6 is 0 Å². The van der Waals surface area contributed by atoms with Gasteiger partial charge >= 0.3 is 0 Å². The fraction of sp³-hybridized carbons (Fsp3) is 0.273. The predicted molar refractivity (Wildman–Crippen MR) is 56.9 cm³/mol. The van der Waals surface area contributed by atoms with E-state index in [1.807, 2.05) is 18.2 Å². The van der Waals surface area contributed by atoms with Gasteiger partial charge in [-0.3, -0.25) is 9.97 Å². The maximum absolute atomic E-state index is 5.53. The van der Waals surface area contributed by atoms with E-state index in [-0.39, 0.29) is 0 Å². The minimum atomic E-state index is 0.520. The Labute approximate surface area is 87.9 Å². The molecular weight excluding hydrogens is 192 g/mol. The lowest BCUT2D eigenvalue weighted by Gasteiger charge is -2.06. The van der Waals surface area contributed by atoms with Crippen molar-refractivity contribution in [2.24, 2.45) is 0 Å². The van der Waals surface area contributed by atoms with Gasteiger partial charge in [0.1, 0.15) is 17.9 Å². The number of hydrogen-bond donors (Lipinski definition) is 0. The lowest BCUT2D eigenvalue weighted by atomic mass is 10.3. The Kier molecular flexibility index (Phi) is 3.09. The van der Waals surface area contributed by atoms with Gasteiger partial charge in [-0.25, -0.2) is 0 Å². The quantitative estimate of drug-likeness (QED) is 0.710. The van der Waals surface area contributed by atoms with Gasteiger partial charge in [-0.05, 0) is 12.1 Å². The van der Waals surface area contributed by atoms with Gasteiger partial charge in [-0.1, -0.05) is 0 Å². The molecule has 0 saturated heterocycles. The first-order valence-electron chi connectivity index (χ1n) is 4.73. The van der Waals surface area contributed by atoms with Crippen LogP contribution in [0.1, 0.15) is 0 Å². The molecule has 0 fully saturated rings. The van der Waals surface area contributed by atoms with Crippen molar-refractivity contribution in [3.8, 4) is 5.75 Å². The van der Waals surface area contributed by atoms with Crippen LogP contribution < -0.4 is 4.74 Å². The van der Waals surface area contributed by atoms with Gasteiger partial charge in [0.05, 0.1) is 12.1 Å². The molecule has 2 heterocycles. The predicted octanol–water partition coefficient (Wildman–Crippen LogP) is 1.66. The molecule has 4 heteroatoms. The average Bonchev–Trinajstić information content (AvgIpc) is 2.30. The molecular formula is C11H12N2O2. The van der Waals surface area contributed by atoms with Crippen LogP contribution in [-0.4, -0.2) is 30.3 Å². The number of aromatic nitrogens is 2. The molecule has 0 amide bonds. The first-order chi connectivity index (χ1) is 7.42. The van der Waals surface area contributed by atoms with Gasteiger partial charge < -0.3 is 9.47 Å². The van der Waals surface area contributed by atoms with E-state index in [9.17, 15) is 0 Å². The van der Waals surface area contributed by atoms with Crippen LogP contribution in [-0.2, 0) is 4.74 Å². The smallest absolute Gasteiger partial charge is 0.148 e. The van der Waals surface area contributed by atoms with E-state index in [4.69, 9.17) is 9.47 Å². The Morgan fingerprint density at radius 1 is 1.13 bits per heavy atom. The molecule has 78 valence electrons. The molecule has 0 spiro atoms. The molecule has 2 aromatic heterocycles. The fourth-order valence-corrected chi connectivity index (χ4v) is 1.31. The Morgan fingerprint density at radius 2 is 2.07 bits per heavy atom. The highest BCUT2D eigenvalue weighted by molar-refractivity contribution is 5.80. The van der Waals surface area contributed by atoms with Gasteiger partial charge in [0.25, 0.3) is 0 Å². The minimum Gasteiger partial charge on any atom is -0.489 e. The van der Waals surface area contributed by atoms with E-state index in [1.54, 1.807) is 19.5 Å². The third-order valence-electron chi connectivity index (χ3n) is 2.00. The minimum absolute atomic E-state index is 0.520. The van der Waals surface area contributed by atoms with E-state index in [0.29, 0.717) is 13.2 Å². The molecule has 2 rings (SSSR count). The molecule has 0 aliphatic rings. The summed E-state index contributed by atoms with van der Waals surface area (Å²) >= 11 is 0. The topological polar surface area (TPSA) is 44.2 Å². The molecule has 0 N–H and O–H groups in total. The average molecular weight is 204 g/mol. The molecule has 0 aromatic carbocycles. The van der Waals surface area contributed by atoms with E-state index in [2.05, 4.69) is 9.97 Å². The molecule has 2 aromatic rings. The fourth-order valence-electron chi connectivity index (χ4n) is 1.31. The number of nitrogens with zero attached hydrogens (tertiary/aromatic N) is 2. The molecule has 0 radical (unpaired) electrons. The monoisotopic (exact) mass is 204 g/mol. The van der Waals surface area contributed by atoms with Crippen LogP contribution in [0.4, 0.5) is 0 Å². The van der Waals surface area contributed by atoms with E-state index in [1.165, 1.54) is 0 Å². The lowest BCUT2D eigenvalue weighted by Crippen LogP contribution is -2.04. The second-order valence-electron chi connectivity index (χ2n) is 3.02. The van der Waals surface area contributed by atoms with Crippen LogP contribution in [0.5, 0.6) is 5.75 Å². The normalized spacial score (nSPS) is 10.5. The van der Waals surface area contributed by atoms with Crippen LogP contribution in [0.25, 0.3) is 11.0 Å². The lowest BCUT2D eigenvalue weighted by molar-refractivity contribution is 0.147. The summed E-state index contributed by atoms with van der Waals surface area (Å²) in [5.41, 5.74) is 1.63. The Balaban J connectivity index is 2.26. The summed E-state index contributed by atoms with van der Waals surface area (Å²) in [6.07, 6.45) is 3.44. The van der Waals surface area contributed by atoms with E-state index >= 15 is 0 Å². The van der Waals surface area contributed by atoms with Crippen LogP contribution in [0.15, 0.2) is 30.6 Å². The summed E-state index contributed by atoms with van der Waals surface area (Å²) in [5.74, 6) is 0.748. The molecule has 0 unspecified atom stereocenters. The van der Waals surface area contributed by atoms with Gasteiger partial charge in [0, 0.05) is 25.6 Å². The number of methoxy groups -OCH3 is 1. The number of pyridine rings is 2. The van der Waals surface area contributed by atoms with Gasteiger partial charge in [-0.2, -0.15) is 0 Å². The molecule has 0 bridgehead atoms. The summed E-state index contributed by atoms with van der Waals surface area (Å²) < 4.78 is 10.4. The van der Waals surface area contributed by atoms with E-state index in [0.717, 1.165) is 16.8 Å². The third kappa shape index (κ3) is 2.22. The van der Waals surface area contributed by atoms with E-state index < -0.39 is 0 Å². The van der Waals surface area contributed by atoms with Crippen LogP contribution in [0.3, 0.4) is 0 Å². The second-order valence-corrected chi connectivity index (χ2v) is 3.02. The van der Waals surface area contributed by atoms with Crippen molar-refractivity contribution >= 4 is 11.0 Å².